The van der Waals surface area contributed by atoms with Crippen LogP contribution < -0.4 is 5.32 Å². The molecule has 0 radical (unpaired) electrons. The number of aromatic nitrogens is 3. The summed E-state index contributed by atoms with van der Waals surface area (Å²) in [6.45, 7) is 0.915. The summed E-state index contributed by atoms with van der Waals surface area (Å²) in [7, 11) is 4.13. The average molecular weight is 235 g/mol. The maximum atomic E-state index is 4.16. The first-order chi connectivity index (χ1) is 8.20. The first-order valence-electron chi connectivity index (χ1n) is 6.52. The number of nitrogens with zero attached hydrogens (tertiary/aromatic N) is 4. The summed E-state index contributed by atoms with van der Waals surface area (Å²) < 4.78 is 1.77. The molecule has 5 nitrogen and oxygen atoms in total. The third-order valence-corrected chi connectivity index (χ3v) is 4.13. The monoisotopic (exact) mass is 235 g/mol. The Labute approximate surface area is 102 Å². The van der Waals surface area contributed by atoms with Crippen LogP contribution in [0, 0.1) is 0 Å². The van der Waals surface area contributed by atoms with Crippen LogP contribution in [-0.2, 0) is 13.6 Å². The number of hydrogen-bond acceptors (Lipinski definition) is 4. The highest BCUT2D eigenvalue weighted by atomic mass is 15.4. The SMILES string of the molecule is CN(Cc1cn(C)nn1)C1CC2CCC(C1)N2. The molecule has 2 fully saturated rings. The molecule has 1 aromatic heterocycles. The standard InChI is InChI=1S/C12H21N5/c1-16(7-11-8-17(2)15-14-11)12-5-9-3-4-10(6-12)13-9/h8-10,12-13H,3-7H2,1-2H3. The Hall–Kier alpha value is -0.940. The zero-order chi connectivity index (χ0) is 11.8. The van der Waals surface area contributed by atoms with E-state index in [0.29, 0.717) is 6.04 Å². The van der Waals surface area contributed by atoms with E-state index in [9.17, 15) is 0 Å². The highest BCUT2D eigenvalue weighted by Crippen LogP contribution is 2.29. The largest absolute Gasteiger partial charge is 0.311 e. The lowest BCUT2D eigenvalue weighted by Crippen LogP contribution is -2.46. The lowest BCUT2D eigenvalue weighted by molar-refractivity contribution is 0.164. The molecule has 0 saturated carbocycles. The van der Waals surface area contributed by atoms with Gasteiger partial charge in [0, 0.05) is 37.9 Å². The predicted octanol–water partition coefficient (Wildman–Crippen LogP) is 0.530. The third kappa shape index (κ3) is 2.35. The number of rotatable bonds is 3. The molecular weight excluding hydrogens is 214 g/mol. The molecule has 17 heavy (non-hydrogen) atoms. The third-order valence-electron chi connectivity index (χ3n) is 4.13. The fourth-order valence-corrected chi connectivity index (χ4v) is 3.24. The molecule has 0 amide bonds. The molecule has 94 valence electrons. The van der Waals surface area contributed by atoms with Crippen molar-refractivity contribution in [3.63, 3.8) is 0 Å². The molecule has 3 heterocycles. The van der Waals surface area contributed by atoms with Crippen LogP contribution in [0.2, 0.25) is 0 Å². The Morgan fingerprint density at radius 1 is 1.41 bits per heavy atom. The summed E-state index contributed by atoms with van der Waals surface area (Å²) in [5, 5.41) is 11.8. The van der Waals surface area contributed by atoms with Crippen LogP contribution in [0.4, 0.5) is 0 Å². The highest BCUT2D eigenvalue weighted by molar-refractivity contribution is 4.97. The normalized spacial score (nSPS) is 32.3. The molecule has 1 aromatic rings. The molecule has 0 aromatic carbocycles. The second-order valence-electron chi connectivity index (χ2n) is 5.56. The van der Waals surface area contributed by atoms with Crippen molar-refractivity contribution < 1.29 is 0 Å². The van der Waals surface area contributed by atoms with E-state index in [1.807, 2.05) is 13.2 Å². The van der Waals surface area contributed by atoms with Gasteiger partial charge in [-0.15, -0.1) is 5.10 Å². The van der Waals surface area contributed by atoms with Gasteiger partial charge in [-0.2, -0.15) is 0 Å². The summed E-state index contributed by atoms with van der Waals surface area (Å²) in [6.07, 6.45) is 7.30. The molecule has 2 unspecified atom stereocenters. The minimum Gasteiger partial charge on any atom is -0.311 e. The molecule has 2 saturated heterocycles. The van der Waals surface area contributed by atoms with Crippen molar-refractivity contribution in [2.75, 3.05) is 7.05 Å². The van der Waals surface area contributed by atoms with Gasteiger partial charge in [0.1, 0.15) is 0 Å². The first kappa shape index (κ1) is 11.2. The van der Waals surface area contributed by atoms with Crippen molar-refractivity contribution >= 4 is 0 Å². The average Bonchev–Trinajstić information content (AvgIpc) is 2.85. The van der Waals surface area contributed by atoms with Gasteiger partial charge in [-0.25, -0.2) is 0 Å². The van der Waals surface area contributed by atoms with Gasteiger partial charge >= 0.3 is 0 Å². The Bertz CT molecular complexity index is 376. The number of nitrogens with one attached hydrogen (secondary N) is 1. The first-order valence-corrected chi connectivity index (χ1v) is 6.52. The fourth-order valence-electron chi connectivity index (χ4n) is 3.24. The quantitative estimate of drug-likeness (QED) is 0.830. The van der Waals surface area contributed by atoms with Gasteiger partial charge in [-0.3, -0.25) is 9.58 Å². The van der Waals surface area contributed by atoms with Gasteiger partial charge in [0.15, 0.2) is 0 Å². The van der Waals surface area contributed by atoms with Crippen LogP contribution in [-0.4, -0.2) is 45.1 Å². The van der Waals surface area contributed by atoms with Crippen LogP contribution in [0.25, 0.3) is 0 Å². The summed E-state index contributed by atoms with van der Waals surface area (Å²) in [6, 6.07) is 2.21. The van der Waals surface area contributed by atoms with Crippen LogP contribution >= 0.6 is 0 Å². The Balaban J connectivity index is 1.60. The number of fused-ring (bicyclic) bond motifs is 2. The van der Waals surface area contributed by atoms with E-state index >= 15 is 0 Å². The Morgan fingerprint density at radius 3 is 2.71 bits per heavy atom. The Kier molecular flexibility index (Phi) is 2.88. The van der Waals surface area contributed by atoms with Crippen LogP contribution in [0.3, 0.4) is 0 Å². The minimum absolute atomic E-state index is 0.704. The number of aryl methyl sites for hydroxylation is 1. The summed E-state index contributed by atoms with van der Waals surface area (Å²) in [4.78, 5) is 2.44. The Morgan fingerprint density at radius 2 is 2.12 bits per heavy atom. The van der Waals surface area contributed by atoms with Crippen molar-refractivity contribution in [3.8, 4) is 0 Å². The topological polar surface area (TPSA) is 46.0 Å². The molecule has 5 heteroatoms. The van der Waals surface area contributed by atoms with Gasteiger partial charge in [0.05, 0.1) is 5.69 Å². The van der Waals surface area contributed by atoms with Crippen molar-refractivity contribution in [3.05, 3.63) is 11.9 Å². The van der Waals surface area contributed by atoms with Gasteiger partial charge in [-0.1, -0.05) is 5.21 Å². The molecular formula is C12H21N5. The molecule has 2 atom stereocenters. The van der Waals surface area contributed by atoms with E-state index in [1.165, 1.54) is 25.7 Å². The molecule has 1 N–H and O–H groups in total. The molecule has 2 bridgehead atoms. The summed E-state index contributed by atoms with van der Waals surface area (Å²) in [5.74, 6) is 0. The fraction of sp³-hybridized carbons (Fsp3) is 0.833. The summed E-state index contributed by atoms with van der Waals surface area (Å²) in [5.41, 5.74) is 1.07. The van der Waals surface area contributed by atoms with Crippen LogP contribution in [0.5, 0.6) is 0 Å². The van der Waals surface area contributed by atoms with E-state index in [1.54, 1.807) is 4.68 Å². The number of piperidine rings is 1. The zero-order valence-corrected chi connectivity index (χ0v) is 10.6. The molecule has 0 spiro atoms. The van der Waals surface area contributed by atoms with Crippen LogP contribution in [0.15, 0.2) is 6.20 Å². The highest BCUT2D eigenvalue weighted by Gasteiger charge is 2.35. The van der Waals surface area contributed by atoms with Gasteiger partial charge < -0.3 is 5.32 Å². The van der Waals surface area contributed by atoms with Gasteiger partial charge in [-0.05, 0) is 32.7 Å². The molecule has 2 aliphatic rings. The smallest absolute Gasteiger partial charge is 0.0966 e. The van der Waals surface area contributed by atoms with Gasteiger partial charge in [0.25, 0.3) is 0 Å². The van der Waals surface area contributed by atoms with Crippen molar-refractivity contribution in [1.82, 2.24) is 25.2 Å². The molecule has 3 rings (SSSR count). The predicted molar refractivity (Wildman–Crippen MR) is 65.4 cm³/mol. The lowest BCUT2D eigenvalue weighted by atomic mass is 9.98. The van der Waals surface area contributed by atoms with Crippen molar-refractivity contribution in [2.45, 2.75) is 50.4 Å². The second-order valence-corrected chi connectivity index (χ2v) is 5.56. The number of hydrogen-bond donors (Lipinski definition) is 1. The molecule has 0 aliphatic carbocycles. The van der Waals surface area contributed by atoms with Crippen LogP contribution in [0.1, 0.15) is 31.4 Å². The second kappa shape index (κ2) is 4.38. The van der Waals surface area contributed by atoms with E-state index < -0.39 is 0 Å². The lowest BCUT2D eigenvalue weighted by Gasteiger charge is -2.35. The minimum atomic E-state index is 0.704. The zero-order valence-electron chi connectivity index (χ0n) is 10.6. The summed E-state index contributed by atoms with van der Waals surface area (Å²) >= 11 is 0. The van der Waals surface area contributed by atoms with E-state index in [-0.39, 0.29) is 0 Å². The van der Waals surface area contributed by atoms with Gasteiger partial charge in [0.2, 0.25) is 0 Å². The van der Waals surface area contributed by atoms with E-state index in [4.69, 9.17) is 0 Å². The maximum Gasteiger partial charge on any atom is 0.0966 e. The van der Waals surface area contributed by atoms with E-state index in [2.05, 4.69) is 27.6 Å². The molecule has 2 aliphatic heterocycles. The van der Waals surface area contributed by atoms with E-state index in [0.717, 1.165) is 24.3 Å². The van der Waals surface area contributed by atoms with Crippen molar-refractivity contribution in [1.29, 1.82) is 0 Å². The van der Waals surface area contributed by atoms with Crippen molar-refractivity contribution in [2.24, 2.45) is 7.05 Å². The maximum absolute atomic E-state index is 4.16.